The molecule has 2 rings (SSSR count). The Hall–Kier alpha value is -0.950. The Bertz CT molecular complexity index is 769. The van der Waals surface area contributed by atoms with Gasteiger partial charge in [-0.3, -0.25) is 0 Å². The molecule has 1 heterocycles. The largest absolute Gasteiger partial charge is 0.252 e. The summed E-state index contributed by atoms with van der Waals surface area (Å²) >= 11 is 6.76. The number of aryl methyl sites for hydroxylation is 3. The van der Waals surface area contributed by atoms with Crippen molar-refractivity contribution < 1.29 is 8.42 Å². The number of aromatic nitrogens is 1. The first-order valence-electron chi connectivity index (χ1n) is 6.43. The van der Waals surface area contributed by atoms with Crippen LogP contribution in [-0.4, -0.2) is 13.4 Å². The van der Waals surface area contributed by atoms with E-state index in [0.717, 1.165) is 28.0 Å². The van der Waals surface area contributed by atoms with Crippen molar-refractivity contribution in [2.45, 2.75) is 37.9 Å². The highest BCUT2D eigenvalue weighted by atomic mass is 35.5. The molecule has 1 N–H and O–H groups in total. The Morgan fingerprint density at radius 2 is 1.95 bits per heavy atom. The fraction of sp³-hybridized carbons (Fsp3) is 0.357. The fourth-order valence-electron chi connectivity index (χ4n) is 2.18. The van der Waals surface area contributed by atoms with Crippen LogP contribution in [0.5, 0.6) is 0 Å². The van der Waals surface area contributed by atoms with Crippen LogP contribution in [0.1, 0.15) is 35.3 Å². The number of rotatable bonds is 4. The standard InChI is InChI=1S/C14H17ClN2O2S2/c1-8-5-6-9(2)12(7-8)10(3)17-21(18,19)13-11(4)16-14(15)20-13/h5-7,10,17H,1-4H3. The maximum atomic E-state index is 12.4. The second kappa shape index (κ2) is 6.04. The van der Waals surface area contributed by atoms with Crippen molar-refractivity contribution in [3.8, 4) is 0 Å². The maximum Gasteiger partial charge on any atom is 0.252 e. The van der Waals surface area contributed by atoms with Crippen molar-refractivity contribution >= 4 is 33.0 Å². The molecule has 1 unspecified atom stereocenters. The molecule has 4 nitrogen and oxygen atoms in total. The summed E-state index contributed by atoms with van der Waals surface area (Å²) in [5, 5.41) is 0. The van der Waals surface area contributed by atoms with Gasteiger partial charge in [-0.1, -0.05) is 46.7 Å². The molecule has 0 bridgehead atoms. The summed E-state index contributed by atoms with van der Waals surface area (Å²) in [4.78, 5) is 3.95. The van der Waals surface area contributed by atoms with Crippen molar-refractivity contribution in [2.75, 3.05) is 0 Å². The molecule has 1 aromatic heterocycles. The van der Waals surface area contributed by atoms with Gasteiger partial charge in [0.1, 0.15) is 0 Å². The van der Waals surface area contributed by atoms with E-state index in [2.05, 4.69) is 9.71 Å². The predicted octanol–water partition coefficient (Wildman–Crippen LogP) is 3.76. The normalized spacial score (nSPS) is 13.4. The van der Waals surface area contributed by atoms with E-state index in [1.807, 2.05) is 39.0 Å². The predicted molar refractivity (Wildman–Crippen MR) is 86.5 cm³/mol. The Kier molecular flexibility index (Phi) is 4.72. The number of halogens is 1. The molecule has 0 amide bonds. The van der Waals surface area contributed by atoms with E-state index in [9.17, 15) is 8.42 Å². The topological polar surface area (TPSA) is 59.1 Å². The first-order chi connectivity index (χ1) is 9.70. The smallest absolute Gasteiger partial charge is 0.229 e. The highest BCUT2D eigenvalue weighted by Gasteiger charge is 2.24. The summed E-state index contributed by atoms with van der Waals surface area (Å²) in [6.45, 7) is 7.42. The molecule has 0 aliphatic heterocycles. The van der Waals surface area contributed by atoms with Gasteiger partial charge >= 0.3 is 0 Å². The summed E-state index contributed by atoms with van der Waals surface area (Å²) in [5.74, 6) is 0. The number of thiazole rings is 1. The third kappa shape index (κ3) is 3.63. The van der Waals surface area contributed by atoms with Gasteiger partial charge in [-0.15, -0.1) is 0 Å². The van der Waals surface area contributed by atoms with Crippen LogP contribution in [0.25, 0.3) is 0 Å². The zero-order valence-corrected chi connectivity index (χ0v) is 14.7. The van der Waals surface area contributed by atoms with Gasteiger partial charge in [-0.05, 0) is 38.8 Å². The van der Waals surface area contributed by atoms with E-state index in [1.54, 1.807) is 6.92 Å². The SMILES string of the molecule is Cc1ccc(C)c(C(C)NS(=O)(=O)c2sc(Cl)nc2C)c1. The van der Waals surface area contributed by atoms with Crippen LogP contribution in [0.3, 0.4) is 0 Å². The van der Waals surface area contributed by atoms with E-state index in [0.29, 0.717) is 5.69 Å². The molecule has 1 atom stereocenters. The summed E-state index contributed by atoms with van der Waals surface area (Å²) in [6, 6.07) is 5.67. The van der Waals surface area contributed by atoms with Crippen molar-refractivity contribution in [1.29, 1.82) is 0 Å². The van der Waals surface area contributed by atoms with Crippen LogP contribution in [-0.2, 0) is 10.0 Å². The average Bonchev–Trinajstić information content (AvgIpc) is 2.71. The number of hydrogen-bond donors (Lipinski definition) is 1. The molecule has 0 saturated heterocycles. The van der Waals surface area contributed by atoms with Crippen LogP contribution in [0.15, 0.2) is 22.4 Å². The number of benzene rings is 1. The van der Waals surface area contributed by atoms with Gasteiger partial charge < -0.3 is 0 Å². The van der Waals surface area contributed by atoms with E-state index in [1.165, 1.54) is 0 Å². The van der Waals surface area contributed by atoms with Crippen LogP contribution >= 0.6 is 22.9 Å². The van der Waals surface area contributed by atoms with Crippen LogP contribution < -0.4 is 4.72 Å². The summed E-state index contributed by atoms with van der Waals surface area (Å²) in [5.41, 5.74) is 3.53. The second-order valence-electron chi connectivity index (χ2n) is 5.04. The maximum absolute atomic E-state index is 12.4. The van der Waals surface area contributed by atoms with E-state index in [4.69, 9.17) is 11.6 Å². The number of nitrogens with zero attached hydrogens (tertiary/aromatic N) is 1. The Morgan fingerprint density at radius 3 is 2.52 bits per heavy atom. The second-order valence-corrected chi connectivity index (χ2v) is 8.53. The molecule has 0 saturated carbocycles. The summed E-state index contributed by atoms with van der Waals surface area (Å²) in [6.07, 6.45) is 0. The first kappa shape index (κ1) is 16.4. The summed E-state index contributed by atoms with van der Waals surface area (Å²) in [7, 11) is -3.63. The lowest BCUT2D eigenvalue weighted by atomic mass is 10.0. The molecule has 0 radical (unpaired) electrons. The monoisotopic (exact) mass is 344 g/mol. The van der Waals surface area contributed by atoms with Gasteiger partial charge in [-0.25, -0.2) is 18.1 Å². The van der Waals surface area contributed by atoms with Gasteiger partial charge in [0.25, 0.3) is 10.0 Å². The van der Waals surface area contributed by atoms with Gasteiger partial charge in [0.05, 0.1) is 5.69 Å². The molecule has 0 aliphatic carbocycles. The zero-order chi connectivity index (χ0) is 15.8. The minimum Gasteiger partial charge on any atom is -0.229 e. The Morgan fingerprint density at radius 1 is 1.29 bits per heavy atom. The van der Waals surface area contributed by atoms with E-state index in [-0.39, 0.29) is 14.7 Å². The third-order valence-electron chi connectivity index (χ3n) is 3.21. The van der Waals surface area contributed by atoms with Crippen molar-refractivity contribution in [1.82, 2.24) is 9.71 Å². The van der Waals surface area contributed by atoms with Gasteiger partial charge in [0, 0.05) is 6.04 Å². The zero-order valence-electron chi connectivity index (χ0n) is 12.3. The number of sulfonamides is 1. The minimum absolute atomic E-state index is 0.171. The third-order valence-corrected chi connectivity index (χ3v) is 6.62. The Balaban J connectivity index is 2.32. The van der Waals surface area contributed by atoms with Crippen molar-refractivity contribution in [3.05, 3.63) is 45.1 Å². The lowest BCUT2D eigenvalue weighted by Gasteiger charge is -2.17. The molecule has 0 spiro atoms. The lowest BCUT2D eigenvalue weighted by Crippen LogP contribution is -2.27. The average molecular weight is 345 g/mol. The molecule has 2 aromatic rings. The lowest BCUT2D eigenvalue weighted by molar-refractivity contribution is 0.567. The molecule has 7 heteroatoms. The molecular weight excluding hydrogens is 328 g/mol. The molecule has 1 aromatic carbocycles. The minimum atomic E-state index is -3.63. The van der Waals surface area contributed by atoms with Crippen molar-refractivity contribution in [2.24, 2.45) is 0 Å². The highest BCUT2D eigenvalue weighted by molar-refractivity contribution is 7.91. The summed E-state index contributed by atoms with van der Waals surface area (Å²) < 4.78 is 28.0. The first-order valence-corrected chi connectivity index (χ1v) is 9.11. The van der Waals surface area contributed by atoms with Crippen molar-refractivity contribution in [3.63, 3.8) is 0 Å². The molecular formula is C14H17ClN2O2S2. The number of hydrogen-bond acceptors (Lipinski definition) is 4. The van der Waals surface area contributed by atoms with Crippen LogP contribution in [0.2, 0.25) is 4.47 Å². The molecule has 0 fully saturated rings. The van der Waals surface area contributed by atoms with Crippen LogP contribution in [0.4, 0.5) is 0 Å². The van der Waals surface area contributed by atoms with Gasteiger partial charge in [-0.2, -0.15) is 0 Å². The molecule has 114 valence electrons. The van der Waals surface area contributed by atoms with E-state index >= 15 is 0 Å². The van der Waals surface area contributed by atoms with E-state index < -0.39 is 10.0 Å². The number of nitrogens with one attached hydrogen (secondary N) is 1. The van der Waals surface area contributed by atoms with Gasteiger partial charge in [0.2, 0.25) is 0 Å². The Labute approximate surface area is 134 Å². The fourth-order valence-corrected chi connectivity index (χ4v) is 5.15. The molecule has 0 aliphatic rings. The van der Waals surface area contributed by atoms with Crippen LogP contribution in [0, 0.1) is 20.8 Å². The molecule has 21 heavy (non-hydrogen) atoms. The quantitative estimate of drug-likeness (QED) is 0.918. The highest BCUT2D eigenvalue weighted by Crippen LogP contribution is 2.28. The van der Waals surface area contributed by atoms with Gasteiger partial charge in [0.15, 0.2) is 8.68 Å².